The number of nitrogens with one attached hydrogen (secondary N) is 2. The second-order valence-corrected chi connectivity index (χ2v) is 5.54. The third-order valence-corrected chi connectivity index (χ3v) is 3.40. The lowest BCUT2D eigenvalue weighted by Crippen LogP contribution is -2.64. The van der Waals surface area contributed by atoms with E-state index in [2.05, 4.69) is 24.8 Å². The van der Waals surface area contributed by atoms with E-state index >= 15 is 0 Å². The van der Waals surface area contributed by atoms with E-state index in [4.69, 9.17) is 4.84 Å². The third kappa shape index (κ3) is 3.43. The fourth-order valence-corrected chi connectivity index (χ4v) is 2.47. The van der Waals surface area contributed by atoms with E-state index in [1.54, 1.807) is 0 Å². The van der Waals surface area contributed by atoms with Gasteiger partial charge in [-0.1, -0.05) is 31.6 Å². The molecule has 1 saturated heterocycles. The molecule has 0 spiro atoms. The van der Waals surface area contributed by atoms with E-state index < -0.39 is 6.03 Å². The van der Waals surface area contributed by atoms with Crippen molar-refractivity contribution in [2.45, 2.75) is 39.3 Å². The minimum Gasteiger partial charge on any atom is -0.395 e. The zero-order valence-electron chi connectivity index (χ0n) is 12.6. The monoisotopic (exact) mass is 294 g/mol. The molecular weight excluding hydrogens is 272 g/mol. The largest absolute Gasteiger partial charge is 0.395 e. The molecule has 2 heterocycles. The summed E-state index contributed by atoms with van der Waals surface area (Å²) in [5.41, 5.74) is 2.43. The smallest absolute Gasteiger partial charge is 0.348 e. The molecule has 2 atom stereocenters. The van der Waals surface area contributed by atoms with Gasteiger partial charge in [-0.2, -0.15) is 5.01 Å². The molecular formula is C14H22N4O3. The van der Waals surface area contributed by atoms with E-state index in [1.807, 2.05) is 19.1 Å². The highest BCUT2D eigenvalue weighted by molar-refractivity contribution is 5.98. The summed E-state index contributed by atoms with van der Waals surface area (Å²) in [5, 5.41) is 4.39. The zero-order valence-corrected chi connectivity index (χ0v) is 12.6. The van der Waals surface area contributed by atoms with Crippen molar-refractivity contribution in [3.63, 3.8) is 0 Å². The Morgan fingerprint density at radius 3 is 2.90 bits per heavy atom. The van der Waals surface area contributed by atoms with E-state index in [9.17, 15) is 9.59 Å². The van der Waals surface area contributed by atoms with Crippen LogP contribution in [0, 0.1) is 5.92 Å². The van der Waals surface area contributed by atoms with Gasteiger partial charge in [-0.25, -0.2) is 4.79 Å². The van der Waals surface area contributed by atoms with E-state index in [0.717, 1.165) is 5.01 Å². The fourth-order valence-electron chi connectivity index (χ4n) is 2.47. The van der Waals surface area contributed by atoms with Gasteiger partial charge < -0.3 is 10.2 Å². The first-order valence-corrected chi connectivity index (χ1v) is 7.15. The lowest BCUT2D eigenvalue weighted by Gasteiger charge is -2.38. The summed E-state index contributed by atoms with van der Waals surface area (Å²) in [6.45, 7) is 6.53. The number of carbonyl (C=O) groups excluding carboxylic acids is 2. The van der Waals surface area contributed by atoms with Crippen LogP contribution >= 0.6 is 0 Å². The minimum atomic E-state index is -0.438. The van der Waals surface area contributed by atoms with Crippen LogP contribution in [0.15, 0.2) is 24.6 Å². The summed E-state index contributed by atoms with van der Waals surface area (Å²) < 4.78 is 0. The molecule has 0 bridgehead atoms. The predicted molar refractivity (Wildman–Crippen MR) is 77.3 cm³/mol. The highest BCUT2D eigenvalue weighted by Crippen LogP contribution is 2.18. The van der Waals surface area contributed by atoms with Crippen LogP contribution in [0.25, 0.3) is 0 Å². The normalized spacial score (nSPS) is 26.0. The highest BCUT2D eigenvalue weighted by atomic mass is 16.7. The molecule has 0 aromatic rings. The van der Waals surface area contributed by atoms with Crippen molar-refractivity contribution in [3.05, 3.63) is 24.6 Å². The van der Waals surface area contributed by atoms with Crippen molar-refractivity contribution in [2.75, 3.05) is 6.54 Å². The second kappa shape index (κ2) is 6.73. The quantitative estimate of drug-likeness (QED) is 0.763. The van der Waals surface area contributed by atoms with Crippen molar-refractivity contribution in [1.29, 1.82) is 0 Å². The van der Waals surface area contributed by atoms with Gasteiger partial charge in [0.05, 0.1) is 18.3 Å². The maximum Gasteiger partial charge on any atom is 0.348 e. The molecule has 2 unspecified atom stereocenters. The number of carbonyl (C=O) groups is 2. The van der Waals surface area contributed by atoms with Crippen LogP contribution in [0.2, 0.25) is 0 Å². The van der Waals surface area contributed by atoms with Crippen molar-refractivity contribution in [1.82, 2.24) is 20.8 Å². The average Bonchev–Trinajstić information content (AvgIpc) is 2.95. The van der Waals surface area contributed by atoms with Crippen LogP contribution in [-0.2, 0) is 9.63 Å². The Balaban J connectivity index is 2.18. The van der Waals surface area contributed by atoms with Crippen molar-refractivity contribution < 1.29 is 14.4 Å². The second-order valence-electron chi connectivity index (χ2n) is 5.54. The molecule has 0 radical (unpaired) electrons. The van der Waals surface area contributed by atoms with Gasteiger partial charge in [0.15, 0.2) is 0 Å². The number of urea groups is 1. The van der Waals surface area contributed by atoms with Gasteiger partial charge in [0.25, 0.3) is 0 Å². The summed E-state index contributed by atoms with van der Waals surface area (Å²) in [6.07, 6.45) is 7.18. The van der Waals surface area contributed by atoms with Gasteiger partial charge in [-0.3, -0.25) is 9.69 Å². The van der Waals surface area contributed by atoms with Gasteiger partial charge in [0.1, 0.15) is 6.26 Å². The summed E-state index contributed by atoms with van der Waals surface area (Å²) in [4.78, 5) is 31.2. The molecule has 116 valence electrons. The standard InChI is InChI=1S/C14H22N4O3/c1-4-5-11-9-15-12(8-10(2)3)13(19)18(11)14(20)17-6-7-21-16-17/h4-7,10-12,15-16H,8-9H2,1-3H3. The number of nitrogens with zero attached hydrogens (tertiary/aromatic N) is 2. The fraction of sp³-hybridized carbons (Fsp3) is 0.571. The molecule has 0 aliphatic carbocycles. The van der Waals surface area contributed by atoms with Gasteiger partial charge in [-0.15, -0.1) is 0 Å². The Morgan fingerprint density at radius 1 is 1.57 bits per heavy atom. The Morgan fingerprint density at radius 2 is 2.33 bits per heavy atom. The van der Waals surface area contributed by atoms with E-state index in [-0.39, 0.29) is 18.0 Å². The first-order chi connectivity index (χ1) is 10.0. The molecule has 2 aliphatic heterocycles. The van der Waals surface area contributed by atoms with E-state index in [1.165, 1.54) is 17.4 Å². The molecule has 2 rings (SSSR count). The molecule has 7 heteroatoms. The molecule has 2 N–H and O–H groups in total. The molecule has 21 heavy (non-hydrogen) atoms. The minimum absolute atomic E-state index is 0.204. The zero-order chi connectivity index (χ0) is 15.4. The topological polar surface area (TPSA) is 73.9 Å². The maximum absolute atomic E-state index is 12.6. The predicted octanol–water partition coefficient (Wildman–Crippen LogP) is 1.12. The number of allylic oxidation sites excluding steroid dienone is 1. The molecule has 0 saturated carbocycles. The third-order valence-electron chi connectivity index (χ3n) is 3.40. The molecule has 7 nitrogen and oxygen atoms in total. The number of rotatable bonds is 3. The molecule has 0 aromatic carbocycles. The number of piperazine rings is 1. The first kappa shape index (κ1) is 15.5. The van der Waals surface area contributed by atoms with Crippen LogP contribution in [0.1, 0.15) is 27.2 Å². The summed E-state index contributed by atoms with van der Waals surface area (Å²) in [6, 6.07) is -1.07. The number of imide groups is 1. The van der Waals surface area contributed by atoms with Crippen molar-refractivity contribution >= 4 is 11.9 Å². The van der Waals surface area contributed by atoms with Crippen LogP contribution in [0.5, 0.6) is 0 Å². The lowest BCUT2D eigenvalue weighted by molar-refractivity contribution is -0.135. The maximum atomic E-state index is 12.6. The Hall–Kier alpha value is -1.86. The molecule has 0 aromatic heterocycles. The van der Waals surface area contributed by atoms with Crippen molar-refractivity contribution in [2.24, 2.45) is 5.92 Å². The molecule has 2 aliphatic rings. The summed E-state index contributed by atoms with van der Waals surface area (Å²) >= 11 is 0. The van der Waals surface area contributed by atoms with Crippen molar-refractivity contribution in [3.8, 4) is 0 Å². The van der Waals surface area contributed by atoms with Crippen LogP contribution in [0.4, 0.5) is 4.79 Å². The highest BCUT2D eigenvalue weighted by Gasteiger charge is 2.40. The molecule has 3 amide bonds. The SMILES string of the molecule is CC=CC1CNC(CC(C)C)C(=O)N1C(=O)N1C=CON1. The lowest BCUT2D eigenvalue weighted by atomic mass is 9.99. The number of hydrogen-bond donors (Lipinski definition) is 2. The number of hydrogen-bond acceptors (Lipinski definition) is 5. The number of amides is 3. The van der Waals surface area contributed by atoms with E-state index in [0.29, 0.717) is 18.9 Å². The average molecular weight is 294 g/mol. The van der Waals surface area contributed by atoms with Gasteiger partial charge in [0.2, 0.25) is 5.91 Å². The Bertz CT molecular complexity index is 461. The van der Waals surface area contributed by atoms with Crippen LogP contribution < -0.4 is 10.9 Å². The van der Waals surface area contributed by atoms with Gasteiger partial charge >= 0.3 is 6.03 Å². The van der Waals surface area contributed by atoms with Crippen LogP contribution in [0.3, 0.4) is 0 Å². The Kier molecular flexibility index (Phi) is 4.98. The Labute approximate surface area is 124 Å². The van der Waals surface area contributed by atoms with Gasteiger partial charge in [-0.05, 0) is 19.3 Å². The van der Waals surface area contributed by atoms with Gasteiger partial charge in [0, 0.05) is 6.54 Å². The first-order valence-electron chi connectivity index (χ1n) is 7.15. The number of hydrazine groups is 1. The summed E-state index contributed by atoms with van der Waals surface area (Å²) in [7, 11) is 0. The summed E-state index contributed by atoms with van der Waals surface area (Å²) in [5.74, 6) is 0.167. The molecule has 1 fully saturated rings. The van der Waals surface area contributed by atoms with Crippen LogP contribution in [-0.4, -0.2) is 40.5 Å².